The van der Waals surface area contributed by atoms with E-state index in [9.17, 15) is 9.59 Å². The van der Waals surface area contributed by atoms with Gasteiger partial charge in [-0.1, -0.05) is 13.8 Å². The zero-order chi connectivity index (χ0) is 12.1. The van der Waals surface area contributed by atoms with Gasteiger partial charge in [0.2, 0.25) is 0 Å². The highest BCUT2D eigenvalue weighted by Gasteiger charge is 2.60. The van der Waals surface area contributed by atoms with Gasteiger partial charge in [0.15, 0.2) is 0 Å². The summed E-state index contributed by atoms with van der Waals surface area (Å²) in [6, 6.07) is 0. The molecule has 0 amide bonds. The smallest absolute Gasteiger partial charge is 0.310 e. The van der Waals surface area contributed by atoms with Crippen LogP contribution in [0.1, 0.15) is 33.6 Å². The number of carbonyl (C=O) groups excluding carboxylic acids is 2. The van der Waals surface area contributed by atoms with Crippen LogP contribution in [0.5, 0.6) is 0 Å². The van der Waals surface area contributed by atoms with Crippen molar-refractivity contribution < 1.29 is 19.1 Å². The van der Waals surface area contributed by atoms with Crippen molar-refractivity contribution in [2.75, 3.05) is 7.11 Å². The number of hydrogen-bond acceptors (Lipinski definition) is 4. The fraction of sp³-hybridized carbons (Fsp3) is 0.833. The Hall–Kier alpha value is -1.06. The second-order valence-electron chi connectivity index (χ2n) is 5.85. The lowest BCUT2D eigenvalue weighted by atomic mass is 9.57. The van der Waals surface area contributed by atoms with Crippen molar-refractivity contribution in [1.82, 2.24) is 0 Å². The van der Waals surface area contributed by atoms with Crippen LogP contribution in [-0.2, 0) is 19.1 Å². The summed E-state index contributed by atoms with van der Waals surface area (Å²) in [5, 5.41) is 0. The van der Waals surface area contributed by atoms with Gasteiger partial charge in [-0.15, -0.1) is 0 Å². The Morgan fingerprint density at radius 2 is 2.06 bits per heavy atom. The van der Waals surface area contributed by atoms with Crippen LogP contribution in [0.25, 0.3) is 0 Å². The zero-order valence-corrected chi connectivity index (χ0v) is 10.2. The fourth-order valence-electron chi connectivity index (χ4n) is 3.51. The van der Waals surface area contributed by atoms with Crippen molar-refractivity contribution in [3.8, 4) is 0 Å². The molecule has 2 saturated heterocycles. The molecule has 1 saturated carbocycles. The van der Waals surface area contributed by atoms with Gasteiger partial charge in [0.1, 0.15) is 5.60 Å². The van der Waals surface area contributed by atoms with Gasteiger partial charge in [-0.2, -0.15) is 0 Å². The maximum Gasteiger partial charge on any atom is 0.310 e. The first kappa shape index (κ1) is 11.4. The molecule has 0 aromatic carbocycles. The Labute approximate surface area is 95.3 Å². The first-order valence-corrected chi connectivity index (χ1v) is 5.60. The van der Waals surface area contributed by atoms with E-state index < -0.39 is 5.60 Å². The molecule has 2 unspecified atom stereocenters. The monoisotopic (exact) mass is 226 g/mol. The van der Waals surface area contributed by atoms with Crippen LogP contribution < -0.4 is 0 Å². The summed E-state index contributed by atoms with van der Waals surface area (Å²) in [6.07, 6.45) is 1.39. The lowest BCUT2D eigenvalue weighted by Crippen LogP contribution is -2.60. The van der Waals surface area contributed by atoms with Crippen LogP contribution in [0.2, 0.25) is 0 Å². The summed E-state index contributed by atoms with van der Waals surface area (Å²) in [5.41, 5.74) is -0.699. The molecular weight excluding hydrogens is 208 g/mol. The molecule has 2 aliphatic heterocycles. The molecule has 0 aromatic heterocycles. The molecule has 0 N–H and O–H groups in total. The molecule has 4 heteroatoms. The third kappa shape index (κ3) is 1.51. The van der Waals surface area contributed by atoms with Gasteiger partial charge < -0.3 is 9.47 Å². The number of fused-ring (bicyclic) bond motifs is 3. The number of ether oxygens (including phenoxy) is 2. The van der Waals surface area contributed by atoms with Gasteiger partial charge in [-0.3, -0.25) is 9.59 Å². The number of methoxy groups -OCH3 is 1. The van der Waals surface area contributed by atoms with Crippen LogP contribution in [0.15, 0.2) is 0 Å². The lowest BCUT2D eigenvalue weighted by molar-refractivity contribution is -0.218. The number of carbonyl (C=O) groups is 2. The molecule has 4 nitrogen and oxygen atoms in total. The van der Waals surface area contributed by atoms with Crippen molar-refractivity contribution in [2.45, 2.75) is 39.2 Å². The van der Waals surface area contributed by atoms with Crippen molar-refractivity contribution in [3.05, 3.63) is 0 Å². The Morgan fingerprint density at radius 1 is 1.44 bits per heavy atom. The van der Waals surface area contributed by atoms with Crippen molar-refractivity contribution >= 4 is 11.9 Å². The van der Waals surface area contributed by atoms with E-state index in [1.54, 1.807) is 0 Å². The molecule has 3 atom stereocenters. The number of hydrogen-bond donors (Lipinski definition) is 0. The quantitative estimate of drug-likeness (QED) is 0.636. The SMILES string of the molecule is COC(=O)[C@@H]1CC2(C)CC(C)(C)C1C(=O)O2. The summed E-state index contributed by atoms with van der Waals surface area (Å²) in [6.45, 7) is 5.94. The zero-order valence-electron chi connectivity index (χ0n) is 10.2. The van der Waals surface area contributed by atoms with Gasteiger partial charge in [-0.05, 0) is 18.8 Å². The van der Waals surface area contributed by atoms with E-state index in [1.807, 2.05) is 20.8 Å². The Morgan fingerprint density at radius 3 is 2.50 bits per heavy atom. The number of rotatable bonds is 1. The highest BCUT2D eigenvalue weighted by molar-refractivity contribution is 5.85. The van der Waals surface area contributed by atoms with E-state index >= 15 is 0 Å². The molecule has 1 aliphatic carbocycles. The summed E-state index contributed by atoms with van der Waals surface area (Å²) in [4.78, 5) is 23.6. The van der Waals surface area contributed by atoms with Crippen molar-refractivity contribution in [2.24, 2.45) is 17.3 Å². The van der Waals surface area contributed by atoms with Gasteiger partial charge in [0.25, 0.3) is 0 Å². The molecule has 2 heterocycles. The summed E-state index contributed by atoms with van der Waals surface area (Å²) in [5.74, 6) is -1.25. The molecular formula is C12H18O4. The first-order chi connectivity index (χ1) is 7.29. The average Bonchev–Trinajstić information content (AvgIpc) is 2.11. The third-order valence-corrected chi connectivity index (χ3v) is 3.83. The number of esters is 2. The largest absolute Gasteiger partial charge is 0.469 e. The maximum atomic E-state index is 11.9. The Kier molecular flexibility index (Phi) is 2.30. The van der Waals surface area contributed by atoms with E-state index in [-0.39, 0.29) is 29.2 Å². The van der Waals surface area contributed by atoms with Crippen molar-refractivity contribution in [3.63, 3.8) is 0 Å². The molecule has 0 spiro atoms. The summed E-state index contributed by atoms with van der Waals surface area (Å²) < 4.78 is 10.2. The molecule has 16 heavy (non-hydrogen) atoms. The summed E-state index contributed by atoms with van der Waals surface area (Å²) >= 11 is 0. The highest BCUT2D eigenvalue weighted by atomic mass is 16.6. The molecule has 3 rings (SSSR count). The predicted octanol–water partition coefficient (Wildman–Crippen LogP) is 1.53. The van der Waals surface area contributed by atoms with E-state index in [0.29, 0.717) is 6.42 Å². The van der Waals surface area contributed by atoms with Gasteiger partial charge in [0, 0.05) is 6.42 Å². The molecule has 90 valence electrons. The standard InChI is InChI=1S/C12H18O4/c1-11(2)6-12(3)5-7(9(13)15-4)8(11)10(14)16-12/h7-8H,5-6H2,1-4H3/t7-,8?,12?/m1/s1. The highest BCUT2D eigenvalue weighted by Crippen LogP contribution is 2.54. The van der Waals surface area contributed by atoms with Crippen LogP contribution in [0.4, 0.5) is 0 Å². The van der Waals surface area contributed by atoms with Crippen LogP contribution in [0.3, 0.4) is 0 Å². The minimum atomic E-state index is -0.506. The normalized spacial score (nSPS) is 40.4. The van der Waals surface area contributed by atoms with Gasteiger partial charge >= 0.3 is 11.9 Å². The van der Waals surface area contributed by atoms with E-state index in [2.05, 4.69) is 0 Å². The second-order valence-corrected chi connectivity index (χ2v) is 5.85. The van der Waals surface area contributed by atoms with E-state index in [4.69, 9.17) is 9.47 Å². The molecule has 3 aliphatic rings. The van der Waals surface area contributed by atoms with Gasteiger partial charge in [0.05, 0.1) is 18.9 Å². The van der Waals surface area contributed by atoms with Crippen molar-refractivity contribution in [1.29, 1.82) is 0 Å². The van der Waals surface area contributed by atoms with E-state index in [0.717, 1.165) is 6.42 Å². The average molecular weight is 226 g/mol. The second kappa shape index (κ2) is 3.22. The maximum absolute atomic E-state index is 11.9. The molecule has 3 fully saturated rings. The Balaban J connectivity index is 2.38. The van der Waals surface area contributed by atoms with E-state index in [1.165, 1.54) is 7.11 Å². The molecule has 0 radical (unpaired) electrons. The van der Waals surface area contributed by atoms with Crippen LogP contribution in [0, 0.1) is 17.3 Å². The summed E-state index contributed by atoms with van der Waals surface area (Å²) in [7, 11) is 1.37. The molecule has 2 bridgehead atoms. The van der Waals surface area contributed by atoms with Crippen LogP contribution in [-0.4, -0.2) is 24.6 Å². The predicted molar refractivity (Wildman–Crippen MR) is 56.5 cm³/mol. The molecule has 0 aromatic rings. The topological polar surface area (TPSA) is 52.6 Å². The third-order valence-electron chi connectivity index (χ3n) is 3.83. The van der Waals surface area contributed by atoms with Gasteiger partial charge in [-0.25, -0.2) is 0 Å². The fourth-order valence-corrected chi connectivity index (χ4v) is 3.51. The first-order valence-electron chi connectivity index (χ1n) is 5.60. The minimum Gasteiger partial charge on any atom is -0.469 e. The Bertz CT molecular complexity index is 344. The minimum absolute atomic E-state index is 0.193. The lowest BCUT2D eigenvalue weighted by Gasteiger charge is -2.54. The van der Waals surface area contributed by atoms with Crippen LogP contribution >= 0.6 is 0 Å².